The number of hydrogen-bond donors (Lipinski definition) is 0. The molecule has 0 rings (SSSR count). The Morgan fingerprint density at radius 1 is 0.241 bits per heavy atom. The van der Waals surface area contributed by atoms with E-state index in [0.29, 0.717) is 19.3 Å². The lowest BCUT2D eigenvalue weighted by molar-refractivity contribution is -0.167. The van der Waals surface area contributed by atoms with Crippen LogP contribution in [0.2, 0.25) is 0 Å². The topological polar surface area (TPSA) is 78.9 Å². The summed E-state index contributed by atoms with van der Waals surface area (Å²) in [5.74, 6) is -0.847. The van der Waals surface area contributed by atoms with Gasteiger partial charge in [0.25, 0.3) is 0 Å². The van der Waals surface area contributed by atoms with Crippen LogP contribution in [0.1, 0.15) is 419 Å². The molecule has 0 saturated heterocycles. The molecular formula is C77H144O6. The van der Waals surface area contributed by atoms with Crippen molar-refractivity contribution in [2.45, 2.75) is 425 Å². The fourth-order valence-electron chi connectivity index (χ4n) is 11.5. The standard InChI is InChI=1S/C77H144O6/c1-4-7-10-13-16-19-22-25-28-31-34-37-40-43-46-49-52-55-58-61-64-67-70-76(79)82-73-74(72-81-75(78)69-66-63-60-57-54-51-48-45-42-39-36-33-30-27-24-21-18-15-12-9-6-3)83-77(80)71-68-65-62-59-56-53-50-47-44-41-38-35-32-29-26-23-20-17-14-11-8-5-2/h24,27,33,36,42,45,74H,4-23,25-26,28-32,34-35,37-41,43-44,46-73H2,1-3H3/b27-24-,36-33-,45-42-. The van der Waals surface area contributed by atoms with Gasteiger partial charge in [0.15, 0.2) is 6.10 Å². The lowest BCUT2D eigenvalue weighted by atomic mass is 10.0. The second-order valence-electron chi connectivity index (χ2n) is 25.6. The first kappa shape index (κ1) is 80.6. The molecule has 0 aliphatic carbocycles. The summed E-state index contributed by atoms with van der Waals surface area (Å²) in [7, 11) is 0. The lowest BCUT2D eigenvalue weighted by Gasteiger charge is -2.18. The van der Waals surface area contributed by atoms with Gasteiger partial charge in [0.1, 0.15) is 13.2 Å². The van der Waals surface area contributed by atoms with Crippen molar-refractivity contribution in [2.75, 3.05) is 13.2 Å². The maximum absolute atomic E-state index is 13.0. The first-order valence-electron chi connectivity index (χ1n) is 37.5. The van der Waals surface area contributed by atoms with Crippen LogP contribution < -0.4 is 0 Å². The van der Waals surface area contributed by atoms with Crippen molar-refractivity contribution in [3.05, 3.63) is 36.5 Å². The first-order valence-corrected chi connectivity index (χ1v) is 37.5. The third-order valence-electron chi connectivity index (χ3n) is 17.1. The summed E-state index contributed by atoms with van der Waals surface area (Å²) in [6.07, 6.45) is 90.4. The number of carbonyl (C=O) groups excluding carboxylic acids is 3. The molecule has 1 atom stereocenters. The normalized spacial score (nSPS) is 12.2. The van der Waals surface area contributed by atoms with E-state index in [2.05, 4.69) is 57.2 Å². The Bertz CT molecular complexity index is 1380. The Hall–Kier alpha value is -2.37. The smallest absolute Gasteiger partial charge is 0.306 e. The Balaban J connectivity index is 4.33. The zero-order valence-electron chi connectivity index (χ0n) is 56.2. The van der Waals surface area contributed by atoms with Gasteiger partial charge in [0, 0.05) is 19.3 Å². The summed E-state index contributed by atoms with van der Waals surface area (Å²) in [5.41, 5.74) is 0. The number of esters is 3. The minimum Gasteiger partial charge on any atom is -0.462 e. The molecule has 0 amide bonds. The van der Waals surface area contributed by atoms with Crippen molar-refractivity contribution in [2.24, 2.45) is 0 Å². The number of rotatable bonds is 70. The summed E-state index contributed by atoms with van der Waals surface area (Å²) in [6, 6.07) is 0. The van der Waals surface area contributed by atoms with Crippen LogP contribution in [-0.4, -0.2) is 37.2 Å². The van der Waals surface area contributed by atoms with Gasteiger partial charge in [-0.15, -0.1) is 0 Å². The Kier molecular flexibility index (Phi) is 70.0. The number of allylic oxidation sites excluding steroid dienone is 6. The third-order valence-corrected chi connectivity index (χ3v) is 17.1. The molecule has 0 aliphatic rings. The van der Waals surface area contributed by atoms with Gasteiger partial charge >= 0.3 is 17.9 Å². The molecule has 0 spiro atoms. The van der Waals surface area contributed by atoms with Gasteiger partial charge in [-0.1, -0.05) is 378 Å². The van der Waals surface area contributed by atoms with Crippen LogP contribution in [0.4, 0.5) is 0 Å². The average Bonchev–Trinajstić information content (AvgIpc) is 3.49. The average molecular weight is 1170 g/mol. The van der Waals surface area contributed by atoms with Crippen LogP contribution in [0, 0.1) is 0 Å². The van der Waals surface area contributed by atoms with E-state index in [0.717, 1.165) is 77.0 Å². The highest BCUT2D eigenvalue weighted by Crippen LogP contribution is 2.19. The van der Waals surface area contributed by atoms with Crippen molar-refractivity contribution >= 4 is 17.9 Å². The molecule has 488 valence electrons. The van der Waals surface area contributed by atoms with E-state index in [1.165, 1.54) is 302 Å². The Labute approximate surface area is 518 Å². The maximum Gasteiger partial charge on any atom is 0.306 e. The van der Waals surface area contributed by atoms with Crippen LogP contribution >= 0.6 is 0 Å². The van der Waals surface area contributed by atoms with Crippen molar-refractivity contribution in [3.63, 3.8) is 0 Å². The molecule has 83 heavy (non-hydrogen) atoms. The van der Waals surface area contributed by atoms with Gasteiger partial charge < -0.3 is 14.2 Å². The van der Waals surface area contributed by atoms with Crippen LogP contribution in [0.5, 0.6) is 0 Å². The quantitative estimate of drug-likeness (QED) is 0.0261. The number of hydrogen-bond acceptors (Lipinski definition) is 6. The van der Waals surface area contributed by atoms with E-state index in [4.69, 9.17) is 14.2 Å². The molecule has 0 saturated carbocycles. The fourth-order valence-corrected chi connectivity index (χ4v) is 11.5. The number of unbranched alkanes of at least 4 members (excludes halogenated alkanes) is 53. The largest absolute Gasteiger partial charge is 0.462 e. The van der Waals surface area contributed by atoms with Crippen molar-refractivity contribution in [1.29, 1.82) is 0 Å². The molecule has 0 aromatic heterocycles. The van der Waals surface area contributed by atoms with Gasteiger partial charge in [-0.3, -0.25) is 14.4 Å². The molecule has 0 bridgehead atoms. The molecule has 0 N–H and O–H groups in total. The van der Waals surface area contributed by atoms with Gasteiger partial charge in [-0.25, -0.2) is 0 Å². The SMILES string of the molecule is CCCCCCC/C=C\C/C=C\C/C=C\CCCCCCCCC(=O)OCC(COC(=O)CCCCCCCCCCCCCCCCCCCCCCCC)OC(=O)CCCCCCCCCCCCCCCCCCCCCCCC. The van der Waals surface area contributed by atoms with E-state index in [9.17, 15) is 14.4 Å². The van der Waals surface area contributed by atoms with Crippen LogP contribution in [0.3, 0.4) is 0 Å². The monoisotopic (exact) mass is 1170 g/mol. The molecule has 6 nitrogen and oxygen atoms in total. The van der Waals surface area contributed by atoms with Crippen LogP contribution in [0.15, 0.2) is 36.5 Å². The van der Waals surface area contributed by atoms with Gasteiger partial charge in [0.05, 0.1) is 0 Å². The van der Waals surface area contributed by atoms with E-state index in [1.54, 1.807) is 0 Å². The summed E-state index contributed by atoms with van der Waals surface area (Å²) in [5, 5.41) is 0. The molecule has 0 aromatic carbocycles. The van der Waals surface area contributed by atoms with Crippen LogP contribution in [0.25, 0.3) is 0 Å². The predicted molar refractivity (Wildman–Crippen MR) is 362 cm³/mol. The second kappa shape index (κ2) is 72.1. The molecular weight excluding hydrogens is 1020 g/mol. The van der Waals surface area contributed by atoms with E-state index < -0.39 is 6.10 Å². The maximum atomic E-state index is 13.0. The van der Waals surface area contributed by atoms with E-state index in [1.807, 2.05) is 0 Å². The Morgan fingerprint density at radius 3 is 0.675 bits per heavy atom. The molecule has 0 radical (unpaired) electrons. The summed E-state index contributed by atoms with van der Waals surface area (Å²) < 4.78 is 17.0. The summed E-state index contributed by atoms with van der Waals surface area (Å²) in [4.78, 5) is 38.6. The second-order valence-corrected chi connectivity index (χ2v) is 25.6. The molecule has 0 fully saturated rings. The molecule has 6 heteroatoms. The Morgan fingerprint density at radius 2 is 0.434 bits per heavy atom. The zero-order chi connectivity index (χ0) is 59.9. The predicted octanol–water partition coefficient (Wildman–Crippen LogP) is 25.9. The van der Waals surface area contributed by atoms with E-state index >= 15 is 0 Å². The molecule has 0 heterocycles. The number of carbonyl (C=O) groups is 3. The van der Waals surface area contributed by atoms with Gasteiger partial charge in [-0.05, 0) is 57.8 Å². The summed E-state index contributed by atoms with van der Waals surface area (Å²) >= 11 is 0. The van der Waals surface area contributed by atoms with Gasteiger partial charge in [0.2, 0.25) is 0 Å². The first-order chi connectivity index (χ1) is 41.0. The lowest BCUT2D eigenvalue weighted by Crippen LogP contribution is -2.30. The highest BCUT2D eigenvalue weighted by Gasteiger charge is 2.20. The molecule has 1 unspecified atom stereocenters. The third kappa shape index (κ3) is 70.3. The minimum absolute atomic E-state index is 0.0701. The summed E-state index contributed by atoms with van der Waals surface area (Å²) in [6.45, 7) is 6.71. The fraction of sp³-hybridized carbons (Fsp3) is 0.883. The highest BCUT2D eigenvalue weighted by molar-refractivity contribution is 5.71. The molecule has 0 aliphatic heterocycles. The minimum atomic E-state index is -0.776. The molecule has 0 aromatic rings. The van der Waals surface area contributed by atoms with Crippen LogP contribution in [-0.2, 0) is 28.6 Å². The van der Waals surface area contributed by atoms with Gasteiger partial charge in [-0.2, -0.15) is 0 Å². The van der Waals surface area contributed by atoms with Crippen molar-refractivity contribution < 1.29 is 28.6 Å². The van der Waals surface area contributed by atoms with Crippen molar-refractivity contribution in [1.82, 2.24) is 0 Å². The van der Waals surface area contributed by atoms with Crippen molar-refractivity contribution in [3.8, 4) is 0 Å². The highest BCUT2D eigenvalue weighted by atomic mass is 16.6. The van der Waals surface area contributed by atoms with E-state index in [-0.39, 0.29) is 31.1 Å². The zero-order valence-corrected chi connectivity index (χ0v) is 56.2. The number of ether oxygens (including phenoxy) is 3.